The molecule has 12 heteroatoms. The number of ether oxygens (including phenoxy) is 1. The maximum Gasteiger partial charge on any atom is 0.267 e. The van der Waals surface area contributed by atoms with Gasteiger partial charge in [-0.3, -0.25) is 15.0 Å². The fourth-order valence-electron chi connectivity index (χ4n) is 3.36. The highest BCUT2D eigenvalue weighted by Gasteiger charge is 2.15. The first kappa shape index (κ1) is 24.3. The molecule has 0 bridgehead atoms. The van der Waals surface area contributed by atoms with Crippen molar-refractivity contribution in [3.8, 4) is 0 Å². The third kappa shape index (κ3) is 6.38. The summed E-state index contributed by atoms with van der Waals surface area (Å²) >= 11 is 7.43. The maximum absolute atomic E-state index is 12.7. The van der Waals surface area contributed by atoms with Gasteiger partial charge in [-0.1, -0.05) is 42.0 Å². The minimum atomic E-state index is -0.280. The van der Waals surface area contributed by atoms with E-state index in [9.17, 15) is 4.79 Å². The number of aromatic nitrogens is 4. The van der Waals surface area contributed by atoms with Gasteiger partial charge in [0.15, 0.2) is 5.13 Å². The van der Waals surface area contributed by atoms with E-state index in [1.807, 2.05) is 26.0 Å². The number of amides is 1. The van der Waals surface area contributed by atoms with Crippen LogP contribution < -0.4 is 16.0 Å². The molecule has 4 rings (SSSR count). The van der Waals surface area contributed by atoms with Gasteiger partial charge in [0.2, 0.25) is 11.9 Å². The van der Waals surface area contributed by atoms with Crippen LogP contribution in [0.2, 0.25) is 5.02 Å². The van der Waals surface area contributed by atoms with E-state index in [2.05, 4.69) is 40.8 Å². The molecular weight excluding hydrogens is 476 g/mol. The minimum Gasteiger partial charge on any atom is -0.379 e. The Labute approximate surface area is 207 Å². The van der Waals surface area contributed by atoms with Crippen molar-refractivity contribution in [2.75, 3.05) is 55.3 Å². The standard InChI is InChI=1S/C22H27ClN8O2S/c1-3-17-26-20(24-7-8-31-9-11-33-12-10-31)29-21(27-17)30-22-25-13-16(34-22)19(32)28-18-14(2)5-4-6-15(18)23/h4-6,13H,3,7-12H2,1-2H3,(H,28,32)(H2,24,25,26,27,29,30). The molecule has 34 heavy (non-hydrogen) atoms. The van der Waals surface area contributed by atoms with E-state index in [0.717, 1.165) is 45.0 Å². The van der Waals surface area contributed by atoms with Crippen molar-refractivity contribution in [1.82, 2.24) is 24.8 Å². The number of halogens is 1. The Kier molecular flexibility index (Phi) is 8.22. The van der Waals surface area contributed by atoms with Crippen LogP contribution in [0.25, 0.3) is 0 Å². The average molecular weight is 503 g/mol. The van der Waals surface area contributed by atoms with E-state index in [4.69, 9.17) is 16.3 Å². The van der Waals surface area contributed by atoms with Gasteiger partial charge in [-0.05, 0) is 18.6 Å². The SMILES string of the molecule is CCc1nc(NCCN2CCOCC2)nc(Nc2ncc(C(=O)Nc3c(C)cccc3Cl)s2)n1. The van der Waals surface area contributed by atoms with Crippen LogP contribution >= 0.6 is 22.9 Å². The van der Waals surface area contributed by atoms with Crippen molar-refractivity contribution < 1.29 is 9.53 Å². The van der Waals surface area contributed by atoms with E-state index in [1.165, 1.54) is 17.5 Å². The lowest BCUT2D eigenvalue weighted by Gasteiger charge is -2.26. The highest BCUT2D eigenvalue weighted by atomic mass is 35.5. The first-order valence-electron chi connectivity index (χ1n) is 11.1. The van der Waals surface area contributed by atoms with Gasteiger partial charge < -0.3 is 15.4 Å². The zero-order chi connectivity index (χ0) is 23.9. The zero-order valence-corrected chi connectivity index (χ0v) is 20.7. The maximum atomic E-state index is 12.7. The number of nitrogens with zero attached hydrogens (tertiary/aromatic N) is 5. The number of carbonyl (C=O) groups excluding carboxylic acids is 1. The number of thiazole rings is 1. The molecule has 1 fully saturated rings. The molecule has 3 aromatic rings. The number of carbonyl (C=O) groups is 1. The van der Waals surface area contributed by atoms with E-state index in [-0.39, 0.29) is 5.91 Å². The van der Waals surface area contributed by atoms with Gasteiger partial charge in [0.25, 0.3) is 5.91 Å². The molecule has 180 valence electrons. The third-order valence-corrected chi connectivity index (χ3v) is 6.45. The quantitative estimate of drug-likeness (QED) is 0.403. The summed E-state index contributed by atoms with van der Waals surface area (Å²) in [6.07, 6.45) is 2.18. The van der Waals surface area contributed by atoms with Crippen molar-refractivity contribution in [2.24, 2.45) is 0 Å². The molecule has 3 heterocycles. The van der Waals surface area contributed by atoms with Gasteiger partial charge >= 0.3 is 0 Å². The van der Waals surface area contributed by atoms with Crippen LogP contribution in [-0.4, -0.2) is 70.1 Å². The Morgan fingerprint density at radius 2 is 2.00 bits per heavy atom. The molecule has 0 radical (unpaired) electrons. The number of hydrogen-bond acceptors (Lipinski definition) is 10. The smallest absolute Gasteiger partial charge is 0.267 e. The summed E-state index contributed by atoms with van der Waals surface area (Å²) in [5, 5.41) is 10.2. The molecule has 1 aliphatic heterocycles. The minimum absolute atomic E-state index is 0.280. The van der Waals surface area contributed by atoms with Crippen LogP contribution in [0.3, 0.4) is 0 Å². The molecular formula is C22H27ClN8O2S. The van der Waals surface area contributed by atoms with Gasteiger partial charge in [-0.25, -0.2) is 4.98 Å². The molecule has 1 aliphatic rings. The van der Waals surface area contributed by atoms with Gasteiger partial charge in [0.05, 0.1) is 30.1 Å². The summed E-state index contributed by atoms with van der Waals surface area (Å²) in [7, 11) is 0. The molecule has 1 saturated heterocycles. The Bertz CT molecular complexity index is 1120. The van der Waals surface area contributed by atoms with Gasteiger partial charge in [-0.2, -0.15) is 15.0 Å². The zero-order valence-electron chi connectivity index (χ0n) is 19.1. The number of morpholine rings is 1. The largest absolute Gasteiger partial charge is 0.379 e. The molecule has 0 unspecified atom stereocenters. The number of anilines is 4. The van der Waals surface area contributed by atoms with Crippen molar-refractivity contribution in [1.29, 1.82) is 0 Å². The third-order valence-electron chi connectivity index (χ3n) is 5.22. The number of aryl methyl sites for hydroxylation is 2. The normalized spacial score (nSPS) is 14.1. The van der Waals surface area contributed by atoms with Crippen molar-refractivity contribution in [3.05, 3.63) is 45.7 Å². The molecule has 10 nitrogen and oxygen atoms in total. The lowest BCUT2D eigenvalue weighted by atomic mass is 10.2. The number of hydrogen-bond donors (Lipinski definition) is 3. The topological polar surface area (TPSA) is 117 Å². The predicted molar refractivity (Wildman–Crippen MR) is 134 cm³/mol. The van der Waals surface area contributed by atoms with E-state index >= 15 is 0 Å². The second-order valence-corrected chi connectivity index (χ2v) is 9.11. The van der Waals surface area contributed by atoms with E-state index in [0.29, 0.717) is 44.9 Å². The van der Waals surface area contributed by atoms with Gasteiger partial charge in [0.1, 0.15) is 10.7 Å². The highest BCUT2D eigenvalue weighted by molar-refractivity contribution is 7.17. The van der Waals surface area contributed by atoms with Crippen LogP contribution in [0.1, 0.15) is 28.0 Å². The fraction of sp³-hybridized carbons (Fsp3) is 0.409. The van der Waals surface area contributed by atoms with E-state index < -0.39 is 0 Å². The summed E-state index contributed by atoms with van der Waals surface area (Å²) in [5.74, 6) is 1.27. The molecule has 0 atom stereocenters. The summed E-state index contributed by atoms with van der Waals surface area (Å²) in [4.78, 5) is 33.1. The van der Waals surface area contributed by atoms with Crippen molar-refractivity contribution in [2.45, 2.75) is 20.3 Å². The van der Waals surface area contributed by atoms with Crippen LogP contribution in [0.5, 0.6) is 0 Å². The van der Waals surface area contributed by atoms with Crippen LogP contribution in [0.4, 0.5) is 22.7 Å². The second kappa shape index (κ2) is 11.5. The molecule has 1 amide bonds. The first-order valence-corrected chi connectivity index (χ1v) is 12.3. The summed E-state index contributed by atoms with van der Waals surface area (Å²) in [5.41, 5.74) is 1.48. The van der Waals surface area contributed by atoms with Crippen molar-refractivity contribution >= 4 is 51.6 Å². The fourth-order valence-corrected chi connectivity index (χ4v) is 4.34. The van der Waals surface area contributed by atoms with E-state index in [1.54, 1.807) is 6.07 Å². The Morgan fingerprint density at radius 3 is 2.76 bits per heavy atom. The summed E-state index contributed by atoms with van der Waals surface area (Å²) in [6, 6.07) is 5.47. The van der Waals surface area contributed by atoms with Gasteiger partial charge in [0, 0.05) is 32.6 Å². The highest BCUT2D eigenvalue weighted by Crippen LogP contribution is 2.27. The first-order chi connectivity index (χ1) is 16.5. The molecule has 1 aromatic carbocycles. The monoisotopic (exact) mass is 502 g/mol. The Morgan fingerprint density at radius 1 is 1.21 bits per heavy atom. The number of benzene rings is 1. The number of nitrogens with one attached hydrogen (secondary N) is 3. The van der Waals surface area contributed by atoms with Crippen LogP contribution in [-0.2, 0) is 11.2 Å². The Balaban J connectivity index is 1.39. The molecule has 3 N–H and O–H groups in total. The summed E-state index contributed by atoms with van der Waals surface area (Å²) in [6.45, 7) is 8.88. The number of para-hydroxylation sites is 1. The second-order valence-electron chi connectivity index (χ2n) is 7.67. The van der Waals surface area contributed by atoms with Crippen LogP contribution in [0, 0.1) is 6.92 Å². The predicted octanol–water partition coefficient (Wildman–Crippen LogP) is 3.59. The number of rotatable bonds is 9. The molecule has 0 aliphatic carbocycles. The lowest BCUT2D eigenvalue weighted by Crippen LogP contribution is -2.39. The Hall–Kier alpha value is -2.86. The molecule has 2 aromatic heterocycles. The molecule has 0 spiro atoms. The van der Waals surface area contributed by atoms with Crippen LogP contribution in [0.15, 0.2) is 24.4 Å². The molecule has 0 saturated carbocycles. The lowest BCUT2D eigenvalue weighted by molar-refractivity contribution is 0.0398. The van der Waals surface area contributed by atoms with Gasteiger partial charge in [-0.15, -0.1) is 0 Å². The average Bonchev–Trinajstić information content (AvgIpc) is 3.30. The summed E-state index contributed by atoms with van der Waals surface area (Å²) < 4.78 is 5.38. The van der Waals surface area contributed by atoms with Crippen molar-refractivity contribution in [3.63, 3.8) is 0 Å².